The normalized spacial score (nSPS) is 17.3. The Hall–Kier alpha value is -5.26. The van der Waals surface area contributed by atoms with Gasteiger partial charge >= 0.3 is 6.03 Å². The highest BCUT2D eigenvalue weighted by atomic mass is 16.2. The van der Waals surface area contributed by atoms with Gasteiger partial charge in [0, 0.05) is 5.69 Å². The second-order valence-electron chi connectivity index (χ2n) is 8.38. The van der Waals surface area contributed by atoms with Crippen LogP contribution >= 0.6 is 0 Å². The molecule has 4 aromatic rings. The number of aromatic nitrogens is 4. The number of amides is 4. The van der Waals surface area contributed by atoms with E-state index in [4.69, 9.17) is 0 Å². The van der Waals surface area contributed by atoms with Gasteiger partial charge in [0.1, 0.15) is 18.4 Å². The minimum atomic E-state index is -1.35. The highest BCUT2D eigenvalue weighted by Gasteiger charge is 2.49. The van der Waals surface area contributed by atoms with E-state index in [9.17, 15) is 14.4 Å². The number of anilines is 1. The van der Waals surface area contributed by atoms with Crippen LogP contribution in [0.2, 0.25) is 0 Å². The lowest BCUT2D eigenvalue weighted by Crippen LogP contribution is -2.42. The molecule has 1 aromatic heterocycles. The van der Waals surface area contributed by atoms with Crippen LogP contribution in [0.1, 0.15) is 12.5 Å². The molecule has 12 nitrogen and oxygen atoms in total. The van der Waals surface area contributed by atoms with Crippen LogP contribution < -0.4 is 10.6 Å². The Kier molecular flexibility index (Phi) is 6.20. The van der Waals surface area contributed by atoms with Crippen molar-refractivity contribution in [1.29, 1.82) is 0 Å². The van der Waals surface area contributed by atoms with Crippen molar-refractivity contribution in [2.75, 3.05) is 11.9 Å². The quantitative estimate of drug-likeness (QED) is 0.296. The molecule has 1 fully saturated rings. The molecular formula is C25H21N9O3. The number of benzene rings is 3. The van der Waals surface area contributed by atoms with Crippen LogP contribution in [0.4, 0.5) is 21.9 Å². The molecule has 4 amide bonds. The van der Waals surface area contributed by atoms with E-state index < -0.39 is 29.9 Å². The number of carbonyl (C=O) groups excluding carboxylic acids is 3. The fourth-order valence-electron chi connectivity index (χ4n) is 3.84. The van der Waals surface area contributed by atoms with Crippen LogP contribution in [0.15, 0.2) is 95.4 Å². The number of rotatable bonds is 7. The van der Waals surface area contributed by atoms with Crippen LogP contribution in [0.25, 0.3) is 5.69 Å². The maximum Gasteiger partial charge on any atom is 0.325 e. The van der Waals surface area contributed by atoms with E-state index in [-0.39, 0.29) is 0 Å². The zero-order valence-electron chi connectivity index (χ0n) is 19.6. The molecule has 0 saturated carbocycles. The van der Waals surface area contributed by atoms with E-state index >= 15 is 0 Å². The zero-order chi connectivity index (χ0) is 25.8. The van der Waals surface area contributed by atoms with Crippen molar-refractivity contribution in [3.8, 4) is 5.69 Å². The number of tetrazole rings is 1. The topological polar surface area (TPSA) is 147 Å². The summed E-state index contributed by atoms with van der Waals surface area (Å²) in [6, 6.07) is 22.3. The molecule has 12 heteroatoms. The van der Waals surface area contributed by atoms with Crippen LogP contribution in [0, 0.1) is 0 Å². The minimum absolute atomic E-state index is 0.442. The van der Waals surface area contributed by atoms with Gasteiger partial charge in [0.2, 0.25) is 5.91 Å². The van der Waals surface area contributed by atoms with Gasteiger partial charge in [-0.1, -0.05) is 30.3 Å². The molecule has 1 saturated heterocycles. The lowest BCUT2D eigenvalue weighted by atomic mass is 9.91. The molecule has 0 spiro atoms. The monoisotopic (exact) mass is 495 g/mol. The molecule has 37 heavy (non-hydrogen) atoms. The highest BCUT2D eigenvalue weighted by Crippen LogP contribution is 2.30. The highest BCUT2D eigenvalue weighted by molar-refractivity contribution is 6.10. The molecule has 5 rings (SSSR count). The Morgan fingerprint density at radius 2 is 1.70 bits per heavy atom. The maximum atomic E-state index is 13.3. The predicted molar refractivity (Wildman–Crippen MR) is 132 cm³/mol. The van der Waals surface area contributed by atoms with Crippen molar-refractivity contribution in [2.45, 2.75) is 12.5 Å². The average molecular weight is 496 g/mol. The summed E-state index contributed by atoms with van der Waals surface area (Å²) in [5.74, 6) is -1.06. The van der Waals surface area contributed by atoms with Gasteiger partial charge in [0.05, 0.1) is 17.1 Å². The summed E-state index contributed by atoms with van der Waals surface area (Å²) < 4.78 is 1.44. The Balaban J connectivity index is 1.24. The SMILES string of the molecule is C[C@@]1(c2cccc(-n3cnnn3)c2)NC(=O)N(CC(=O)Nc2ccc(N=Nc3ccccc3)cc2)C1=O. The fourth-order valence-corrected chi connectivity index (χ4v) is 3.84. The smallest absolute Gasteiger partial charge is 0.325 e. The Labute approximate surface area is 211 Å². The standard InChI is InChI=1S/C25H21N9O3/c1-25(17-6-5-9-21(14-17)34-16-26-31-32-34)23(36)33(24(37)28-25)15-22(35)27-18-10-12-20(13-11-18)30-29-19-7-3-2-4-8-19/h2-14,16H,15H2,1H3,(H,27,35)(H,28,37)/t25-/m0/s1. The van der Waals surface area contributed by atoms with Crippen molar-refractivity contribution in [3.63, 3.8) is 0 Å². The second kappa shape index (κ2) is 9.77. The number of nitrogens with zero attached hydrogens (tertiary/aromatic N) is 7. The summed E-state index contributed by atoms with van der Waals surface area (Å²) in [6.07, 6.45) is 1.42. The summed E-state index contributed by atoms with van der Waals surface area (Å²) in [7, 11) is 0. The Morgan fingerprint density at radius 1 is 0.973 bits per heavy atom. The lowest BCUT2D eigenvalue weighted by molar-refractivity contribution is -0.133. The van der Waals surface area contributed by atoms with E-state index in [0.29, 0.717) is 22.6 Å². The van der Waals surface area contributed by atoms with Gasteiger partial charge in [-0.05, 0) is 71.4 Å². The second-order valence-corrected chi connectivity index (χ2v) is 8.38. The van der Waals surface area contributed by atoms with Gasteiger partial charge < -0.3 is 10.6 Å². The van der Waals surface area contributed by atoms with Crippen LogP contribution in [0.3, 0.4) is 0 Å². The van der Waals surface area contributed by atoms with Crippen molar-refractivity contribution in [1.82, 2.24) is 30.4 Å². The lowest BCUT2D eigenvalue weighted by Gasteiger charge is -2.22. The number of urea groups is 1. The largest absolute Gasteiger partial charge is 0.325 e. The van der Waals surface area contributed by atoms with Crippen molar-refractivity contribution in [3.05, 3.63) is 90.8 Å². The molecule has 1 atom stereocenters. The molecule has 0 aliphatic carbocycles. The third kappa shape index (κ3) is 4.93. The number of carbonyl (C=O) groups is 3. The van der Waals surface area contributed by atoms with E-state index in [1.54, 1.807) is 55.5 Å². The Bertz CT molecular complexity index is 1470. The van der Waals surface area contributed by atoms with Crippen molar-refractivity contribution >= 4 is 34.9 Å². The molecule has 184 valence electrons. The van der Waals surface area contributed by atoms with Gasteiger partial charge in [0.15, 0.2) is 0 Å². The molecule has 0 bridgehead atoms. The molecule has 3 aromatic carbocycles. The van der Waals surface area contributed by atoms with Gasteiger partial charge in [0.25, 0.3) is 5.91 Å². The first kappa shape index (κ1) is 23.5. The third-order valence-electron chi connectivity index (χ3n) is 5.80. The number of hydrogen-bond acceptors (Lipinski definition) is 8. The number of nitrogens with one attached hydrogen (secondary N) is 2. The van der Waals surface area contributed by atoms with Crippen LogP contribution in [0.5, 0.6) is 0 Å². The summed E-state index contributed by atoms with van der Waals surface area (Å²) in [4.78, 5) is 39.5. The van der Waals surface area contributed by atoms with E-state index in [1.807, 2.05) is 30.3 Å². The predicted octanol–water partition coefficient (Wildman–Crippen LogP) is 3.48. The van der Waals surface area contributed by atoms with Crippen molar-refractivity contribution in [2.24, 2.45) is 10.2 Å². The molecule has 2 heterocycles. The first-order valence-electron chi connectivity index (χ1n) is 11.3. The van der Waals surface area contributed by atoms with Crippen LogP contribution in [-0.2, 0) is 15.1 Å². The van der Waals surface area contributed by atoms with Gasteiger partial charge in [-0.3, -0.25) is 14.5 Å². The van der Waals surface area contributed by atoms with Gasteiger partial charge in [-0.25, -0.2) is 9.48 Å². The van der Waals surface area contributed by atoms with Gasteiger partial charge in [-0.15, -0.1) is 5.10 Å². The van der Waals surface area contributed by atoms with E-state index in [1.165, 1.54) is 11.0 Å². The number of imide groups is 1. The summed E-state index contributed by atoms with van der Waals surface area (Å²) >= 11 is 0. The first-order chi connectivity index (χ1) is 17.9. The first-order valence-corrected chi connectivity index (χ1v) is 11.3. The molecule has 1 aliphatic rings. The minimum Gasteiger partial charge on any atom is -0.325 e. The molecule has 2 N–H and O–H groups in total. The molecule has 0 radical (unpaired) electrons. The van der Waals surface area contributed by atoms with Gasteiger partial charge in [-0.2, -0.15) is 10.2 Å². The fraction of sp³-hybridized carbons (Fsp3) is 0.120. The average Bonchev–Trinajstić information content (AvgIpc) is 3.53. The molecular weight excluding hydrogens is 474 g/mol. The van der Waals surface area contributed by atoms with E-state index in [2.05, 4.69) is 36.4 Å². The maximum absolute atomic E-state index is 13.3. The summed E-state index contributed by atoms with van der Waals surface area (Å²) in [6.45, 7) is 1.15. The Morgan fingerprint density at radius 3 is 2.41 bits per heavy atom. The number of hydrogen-bond donors (Lipinski definition) is 2. The zero-order valence-corrected chi connectivity index (χ0v) is 19.6. The molecule has 1 aliphatic heterocycles. The molecule has 0 unspecified atom stereocenters. The summed E-state index contributed by atoms with van der Waals surface area (Å²) in [5.41, 5.74) is 1.62. The van der Waals surface area contributed by atoms with E-state index in [0.717, 1.165) is 10.6 Å². The van der Waals surface area contributed by atoms with Crippen LogP contribution in [-0.4, -0.2) is 49.5 Å². The van der Waals surface area contributed by atoms with Crippen molar-refractivity contribution < 1.29 is 14.4 Å². The third-order valence-corrected chi connectivity index (χ3v) is 5.80. The summed E-state index contributed by atoms with van der Waals surface area (Å²) in [5, 5.41) is 24.8. The number of azo groups is 1.